The predicted molar refractivity (Wildman–Crippen MR) is 225 cm³/mol. The Kier molecular flexibility index (Phi) is 36.1. The lowest BCUT2D eigenvalue weighted by Crippen LogP contribution is -2.16. The second-order valence-corrected chi connectivity index (χ2v) is 16.6. The van der Waals surface area contributed by atoms with E-state index >= 15 is 0 Å². The van der Waals surface area contributed by atoms with Crippen LogP contribution in [0.5, 0.6) is 11.9 Å². The Hall–Kier alpha value is -1.45. The first-order valence-electron chi connectivity index (χ1n) is 20.1. The number of carboxylic acids is 1. The molecule has 54 heavy (non-hydrogen) atoms. The predicted octanol–water partition coefficient (Wildman–Crippen LogP) is 15.4. The van der Waals surface area contributed by atoms with Gasteiger partial charge in [-0.2, -0.15) is 0 Å². The minimum Gasteiger partial charge on any atom is -0.475 e. The fraction of sp³-hybridized carbons (Fsp3) is 0.756. The molecule has 0 aliphatic carbocycles. The maximum Gasteiger partial charge on any atom is 0.374 e. The van der Waals surface area contributed by atoms with E-state index < -0.39 is 15.7 Å². The highest BCUT2D eigenvalue weighted by atomic mass is 35.6. The molecular weight excluding hydrogens is 798 g/mol. The largest absolute Gasteiger partial charge is 0.475 e. The van der Waals surface area contributed by atoms with Gasteiger partial charge in [0.15, 0.2) is 0 Å². The number of halogens is 5. The summed E-state index contributed by atoms with van der Waals surface area (Å²) < 4.78 is 24.4. The van der Waals surface area contributed by atoms with Gasteiger partial charge >= 0.3 is 11.9 Å². The Balaban J connectivity index is 0.000000985. The Labute approximate surface area is 350 Å². The average Bonchev–Trinajstić information content (AvgIpc) is 3.82. The van der Waals surface area contributed by atoms with Crippen LogP contribution in [-0.2, 0) is 4.74 Å². The summed E-state index contributed by atoms with van der Waals surface area (Å²) in [6.45, 7) is 5.32. The number of aromatic carboxylic acids is 1. The van der Waals surface area contributed by atoms with Crippen LogP contribution in [0, 0.1) is 0 Å². The molecule has 2 rings (SSSR count). The van der Waals surface area contributed by atoms with Crippen LogP contribution < -0.4 is 9.47 Å². The van der Waals surface area contributed by atoms with E-state index in [0.29, 0.717) is 25.1 Å². The number of carboxylic acid groups (broad SMARTS) is 1. The molecule has 314 valence electrons. The van der Waals surface area contributed by atoms with Crippen LogP contribution in [0.3, 0.4) is 0 Å². The summed E-state index contributed by atoms with van der Waals surface area (Å²) in [5.74, 6) is -1.21. The van der Waals surface area contributed by atoms with E-state index in [2.05, 4.69) is 13.8 Å². The van der Waals surface area contributed by atoms with Crippen molar-refractivity contribution in [3.8, 4) is 11.9 Å². The van der Waals surface area contributed by atoms with Gasteiger partial charge in [0.25, 0.3) is 11.9 Å². The maximum atomic E-state index is 11.7. The molecule has 8 nitrogen and oxygen atoms in total. The van der Waals surface area contributed by atoms with Gasteiger partial charge in [-0.05, 0) is 25.0 Å². The van der Waals surface area contributed by atoms with Crippen LogP contribution in [0.25, 0.3) is 0 Å². The fourth-order valence-electron chi connectivity index (χ4n) is 5.47. The third kappa shape index (κ3) is 33.9. The van der Waals surface area contributed by atoms with Crippen molar-refractivity contribution in [1.29, 1.82) is 0 Å². The lowest BCUT2D eigenvalue weighted by Gasteiger charge is -2.09. The maximum absolute atomic E-state index is 11.7. The van der Waals surface area contributed by atoms with Crippen LogP contribution in [0.4, 0.5) is 0 Å². The lowest BCUT2D eigenvalue weighted by molar-refractivity contribution is 0.0467. The minimum atomic E-state index is -1.64. The SMILES string of the molecule is CCCCCCCCCCCCCCOc1ccc(C(=O)O)o1.CCCCCCCCCCCCCCOc1ccc(C(=O)OCC(Cl)(Cl)Cl)o1.ClCCl. The quantitative estimate of drug-likeness (QED) is 0.0453. The molecule has 0 bridgehead atoms. The molecule has 2 heterocycles. The number of rotatable bonds is 31. The molecule has 0 aromatic carbocycles. The highest BCUT2D eigenvalue weighted by molar-refractivity contribution is 6.67. The molecule has 0 aliphatic heterocycles. The van der Waals surface area contributed by atoms with Gasteiger partial charge in [0, 0.05) is 12.1 Å². The number of carbonyl (C=O) groups excluding carboxylic acids is 1. The number of furan rings is 2. The normalized spacial score (nSPS) is 10.9. The van der Waals surface area contributed by atoms with Gasteiger partial charge in [-0.1, -0.05) is 190 Å². The third-order valence-electron chi connectivity index (χ3n) is 8.43. The standard InChI is InChI=1S/C21H33Cl3O4.C19H32O4.CH2Cl2/c1-2-3-4-5-6-7-8-9-10-11-12-13-16-26-19-15-14-18(28-19)20(25)27-17-21(22,23)24;1-2-3-4-5-6-7-8-9-10-11-12-13-16-22-18-15-14-17(23-18)19(20)21;2-1-3/h14-15H,2-13,16-17H2,1H3;14-15H,2-13,16H2,1H3,(H,20,21);1H2. The van der Waals surface area contributed by atoms with Gasteiger partial charge in [-0.15, -0.1) is 23.2 Å². The summed E-state index contributed by atoms with van der Waals surface area (Å²) in [5, 5.41) is 8.93. The Morgan fingerprint density at radius 2 is 0.870 bits per heavy atom. The molecule has 1 N–H and O–H groups in total. The van der Waals surface area contributed by atoms with Gasteiger partial charge in [0.1, 0.15) is 6.61 Å². The average molecular weight is 865 g/mol. The summed E-state index contributed by atoms with van der Waals surface area (Å²) >= 11 is 26.1. The molecule has 0 fully saturated rings. The van der Waals surface area contributed by atoms with Gasteiger partial charge in [-0.3, -0.25) is 0 Å². The zero-order valence-corrected chi connectivity index (χ0v) is 36.6. The number of esters is 1. The van der Waals surface area contributed by atoms with E-state index in [1.54, 1.807) is 12.1 Å². The zero-order chi connectivity index (χ0) is 40.1. The van der Waals surface area contributed by atoms with Crippen LogP contribution >= 0.6 is 58.0 Å². The zero-order valence-electron chi connectivity index (χ0n) is 32.8. The lowest BCUT2D eigenvalue weighted by atomic mass is 10.1. The molecule has 0 amide bonds. The van der Waals surface area contributed by atoms with Crippen molar-refractivity contribution in [3.63, 3.8) is 0 Å². The van der Waals surface area contributed by atoms with Crippen molar-refractivity contribution in [1.82, 2.24) is 0 Å². The van der Waals surface area contributed by atoms with Crippen molar-refractivity contribution < 1.29 is 37.7 Å². The molecular formula is C41H67Cl5O8. The molecule has 0 atom stereocenters. The van der Waals surface area contributed by atoms with E-state index in [4.69, 9.17) is 86.2 Å². The number of alkyl halides is 5. The van der Waals surface area contributed by atoms with Gasteiger partial charge < -0.3 is 28.2 Å². The van der Waals surface area contributed by atoms with E-state index in [9.17, 15) is 9.59 Å². The first kappa shape index (κ1) is 52.6. The molecule has 13 heteroatoms. The topological polar surface area (TPSA) is 108 Å². The van der Waals surface area contributed by atoms with Crippen molar-refractivity contribution in [2.24, 2.45) is 0 Å². The third-order valence-corrected chi connectivity index (χ3v) is 8.75. The smallest absolute Gasteiger partial charge is 0.374 e. The van der Waals surface area contributed by atoms with Gasteiger partial charge in [0.05, 0.1) is 18.6 Å². The molecule has 0 aliphatic rings. The molecule has 2 aromatic rings. The summed E-state index contributed by atoms with van der Waals surface area (Å²) in [6, 6.07) is 6.05. The molecule has 2 aromatic heterocycles. The molecule has 0 saturated carbocycles. The molecule has 0 spiro atoms. The van der Waals surface area contributed by atoms with Gasteiger partial charge in [-0.25, -0.2) is 9.59 Å². The number of hydrogen-bond donors (Lipinski definition) is 1. The van der Waals surface area contributed by atoms with E-state index in [1.807, 2.05) is 0 Å². The van der Waals surface area contributed by atoms with Crippen LogP contribution in [0.2, 0.25) is 0 Å². The second kappa shape index (κ2) is 37.1. The highest BCUT2D eigenvalue weighted by Gasteiger charge is 2.24. The van der Waals surface area contributed by atoms with Gasteiger partial charge in [0.2, 0.25) is 15.3 Å². The van der Waals surface area contributed by atoms with Crippen LogP contribution in [-0.4, -0.2) is 46.0 Å². The first-order valence-corrected chi connectivity index (χ1v) is 22.3. The summed E-state index contributed by atoms with van der Waals surface area (Å²) in [6.07, 6.45) is 31.2. The van der Waals surface area contributed by atoms with E-state index in [-0.39, 0.29) is 23.5 Å². The minimum absolute atomic E-state index is 0.0268. The first-order chi connectivity index (χ1) is 26.1. The molecule has 0 unspecified atom stereocenters. The van der Waals surface area contributed by atoms with E-state index in [0.717, 1.165) is 25.7 Å². The highest BCUT2D eigenvalue weighted by Crippen LogP contribution is 2.27. The fourth-order valence-corrected chi connectivity index (χ4v) is 5.63. The van der Waals surface area contributed by atoms with Crippen LogP contribution in [0.15, 0.2) is 33.1 Å². The Morgan fingerprint density at radius 3 is 1.19 bits per heavy atom. The summed E-state index contributed by atoms with van der Waals surface area (Å²) in [4.78, 5) is 22.4. The van der Waals surface area contributed by atoms with Crippen molar-refractivity contribution >= 4 is 69.9 Å². The molecule has 0 saturated heterocycles. The summed E-state index contributed by atoms with van der Waals surface area (Å²) in [7, 11) is 0. The molecule has 0 radical (unpaired) electrons. The number of carbonyl (C=O) groups is 2. The Morgan fingerprint density at radius 1 is 0.556 bits per heavy atom. The van der Waals surface area contributed by atoms with Crippen molar-refractivity contribution in [3.05, 3.63) is 35.8 Å². The number of hydrogen-bond acceptors (Lipinski definition) is 7. The van der Waals surface area contributed by atoms with Crippen molar-refractivity contribution in [2.45, 2.75) is 172 Å². The van der Waals surface area contributed by atoms with Crippen LogP contribution in [0.1, 0.15) is 189 Å². The van der Waals surface area contributed by atoms with E-state index in [1.165, 1.54) is 141 Å². The number of ether oxygens (including phenoxy) is 3. The summed E-state index contributed by atoms with van der Waals surface area (Å²) in [5.41, 5.74) is 0. The van der Waals surface area contributed by atoms with Crippen molar-refractivity contribution in [2.75, 3.05) is 25.2 Å². The second-order valence-electron chi connectivity index (χ2n) is 13.3. The number of unbranched alkanes of at least 4 members (excludes halogenated alkanes) is 22. The monoisotopic (exact) mass is 862 g/mol. The Bertz CT molecular complexity index is 1130.